The van der Waals surface area contributed by atoms with Gasteiger partial charge in [0.2, 0.25) is 5.88 Å². The van der Waals surface area contributed by atoms with Crippen LogP contribution in [0, 0.1) is 0 Å². The Kier molecular flexibility index (Phi) is 8.90. The molecule has 2 N–H and O–H groups in total. The van der Waals surface area contributed by atoms with Gasteiger partial charge in [-0.1, -0.05) is 31.2 Å². The number of fused-ring (bicyclic) bond motifs is 1. The van der Waals surface area contributed by atoms with Crippen LogP contribution in [0.2, 0.25) is 0 Å². The molecule has 242 valence electrons. The van der Waals surface area contributed by atoms with Gasteiger partial charge in [0.05, 0.1) is 28.2 Å². The Labute approximate surface area is 269 Å². The molecule has 10 nitrogen and oxygen atoms in total. The molecule has 0 unspecified atom stereocenters. The summed E-state index contributed by atoms with van der Waals surface area (Å²) in [7, 11) is 3.95. The second-order valence-corrected chi connectivity index (χ2v) is 11.4. The third-order valence-electron chi connectivity index (χ3n) is 8.10. The van der Waals surface area contributed by atoms with E-state index >= 15 is 0 Å². The summed E-state index contributed by atoms with van der Waals surface area (Å²) in [5.74, 6) is 1.83. The first-order chi connectivity index (χ1) is 22.6. The number of benzene rings is 3. The van der Waals surface area contributed by atoms with Crippen LogP contribution in [0.1, 0.15) is 24.7 Å². The summed E-state index contributed by atoms with van der Waals surface area (Å²) < 4.78 is 47.3. The van der Waals surface area contributed by atoms with Crippen LogP contribution in [-0.2, 0) is 12.6 Å². The predicted molar refractivity (Wildman–Crippen MR) is 175 cm³/mol. The molecule has 5 aromatic rings. The summed E-state index contributed by atoms with van der Waals surface area (Å²) in [6.45, 7) is 3.24. The van der Waals surface area contributed by atoms with Gasteiger partial charge in [0.15, 0.2) is 5.82 Å². The Hall–Kier alpha value is -5.30. The Morgan fingerprint density at radius 1 is 0.979 bits per heavy atom. The zero-order valence-electron chi connectivity index (χ0n) is 26.0. The van der Waals surface area contributed by atoms with E-state index < -0.39 is 17.8 Å². The van der Waals surface area contributed by atoms with Crippen LogP contribution in [-0.4, -0.2) is 64.1 Å². The van der Waals surface area contributed by atoms with E-state index in [-0.39, 0.29) is 11.7 Å². The van der Waals surface area contributed by atoms with E-state index in [1.165, 1.54) is 12.4 Å². The van der Waals surface area contributed by atoms with Crippen molar-refractivity contribution in [2.45, 2.75) is 32.0 Å². The van der Waals surface area contributed by atoms with E-state index in [4.69, 9.17) is 4.74 Å². The molecular formula is C34H33F3N8O2. The number of likely N-dealkylation sites (N-methyl/N-ethyl adjacent to an activating group) is 1. The summed E-state index contributed by atoms with van der Waals surface area (Å²) in [5.41, 5.74) is 0.791. The zero-order chi connectivity index (χ0) is 33.1. The van der Waals surface area contributed by atoms with Crippen LogP contribution in [0.5, 0.6) is 11.6 Å². The molecule has 13 heteroatoms. The number of aryl methyl sites for hydroxylation is 1. The lowest BCUT2D eigenvalue weighted by Crippen LogP contribution is -2.32. The number of aromatic nitrogens is 4. The second kappa shape index (κ2) is 13.2. The number of nitrogens with zero attached hydrogens (tertiary/aromatic N) is 6. The van der Waals surface area contributed by atoms with Crippen molar-refractivity contribution >= 4 is 33.9 Å². The van der Waals surface area contributed by atoms with Gasteiger partial charge in [-0.15, -0.1) is 0 Å². The van der Waals surface area contributed by atoms with Crippen LogP contribution in [0.15, 0.2) is 79.3 Å². The van der Waals surface area contributed by atoms with Crippen molar-refractivity contribution in [2.24, 2.45) is 0 Å². The maximum atomic E-state index is 13.7. The minimum absolute atomic E-state index is 0.0771. The van der Waals surface area contributed by atoms with Gasteiger partial charge < -0.3 is 25.2 Å². The summed E-state index contributed by atoms with van der Waals surface area (Å²) in [5, 5.41) is 6.84. The molecule has 47 heavy (non-hydrogen) atoms. The minimum Gasteiger partial charge on any atom is -0.438 e. The van der Waals surface area contributed by atoms with E-state index in [1.807, 2.05) is 56.3 Å². The highest BCUT2D eigenvalue weighted by molar-refractivity contribution is 6.08. The van der Waals surface area contributed by atoms with Crippen molar-refractivity contribution in [1.82, 2.24) is 24.8 Å². The number of halogens is 3. The van der Waals surface area contributed by atoms with Gasteiger partial charge >= 0.3 is 12.2 Å². The summed E-state index contributed by atoms with van der Waals surface area (Å²) in [4.78, 5) is 34.8. The fourth-order valence-corrected chi connectivity index (χ4v) is 5.59. The lowest BCUT2D eigenvalue weighted by atomic mass is 10.1. The number of carbonyl (C=O) groups is 1. The molecule has 3 aromatic carbocycles. The topological polar surface area (TPSA) is 108 Å². The standard InChI is InChI=1S/C34H33F3N8O2/c1-4-30-39-20-40-31(43-30)25-10-7-16-38-32(25)47-29-14-12-26(23-8-5-6-9-24(23)29)41-33(46)42-27-18-21(34(35,36)37)11-13-28(27)45-17-15-22(19-45)44(2)3/h5-14,16,18,20,22H,4,15,17,19H2,1-3H3,(H2,41,42,46)/t22-/m0/s1. The van der Waals surface area contributed by atoms with Crippen LogP contribution in [0.25, 0.3) is 22.2 Å². The molecule has 2 aromatic heterocycles. The van der Waals surface area contributed by atoms with Crippen molar-refractivity contribution in [2.75, 3.05) is 42.7 Å². The molecular weight excluding hydrogens is 609 g/mol. The maximum Gasteiger partial charge on any atom is 0.416 e. The Balaban J connectivity index is 1.27. The summed E-state index contributed by atoms with van der Waals surface area (Å²) >= 11 is 0. The molecule has 0 saturated carbocycles. The van der Waals surface area contributed by atoms with Gasteiger partial charge in [-0.25, -0.2) is 24.7 Å². The average Bonchev–Trinajstić information content (AvgIpc) is 3.56. The number of ether oxygens (including phenoxy) is 1. The van der Waals surface area contributed by atoms with Gasteiger partial charge in [0, 0.05) is 42.5 Å². The van der Waals surface area contributed by atoms with Crippen LogP contribution >= 0.6 is 0 Å². The fraction of sp³-hybridized carbons (Fsp3) is 0.265. The van der Waals surface area contributed by atoms with E-state index in [9.17, 15) is 18.0 Å². The van der Waals surface area contributed by atoms with Crippen molar-refractivity contribution in [3.05, 3.63) is 90.6 Å². The molecule has 1 aliphatic heterocycles. The van der Waals surface area contributed by atoms with Gasteiger partial charge in [-0.2, -0.15) is 13.2 Å². The first kappa shape index (κ1) is 31.7. The minimum atomic E-state index is -4.57. The number of hydrogen-bond donors (Lipinski definition) is 2. The number of carbonyl (C=O) groups excluding carboxylic acids is 1. The lowest BCUT2D eigenvalue weighted by molar-refractivity contribution is -0.137. The molecule has 1 fully saturated rings. The predicted octanol–water partition coefficient (Wildman–Crippen LogP) is 7.24. The Bertz CT molecular complexity index is 1920. The van der Waals surface area contributed by atoms with Crippen molar-refractivity contribution in [3.8, 4) is 23.0 Å². The van der Waals surface area contributed by atoms with Crippen LogP contribution in [0.4, 0.5) is 35.0 Å². The van der Waals surface area contributed by atoms with Gasteiger partial charge in [0.1, 0.15) is 17.9 Å². The molecule has 2 amide bonds. The number of anilines is 3. The number of rotatable bonds is 8. The highest BCUT2D eigenvalue weighted by atomic mass is 19.4. The number of alkyl halides is 3. The van der Waals surface area contributed by atoms with Crippen LogP contribution in [0.3, 0.4) is 0 Å². The first-order valence-corrected chi connectivity index (χ1v) is 15.1. The van der Waals surface area contributed by atoms with Crippen molar-refractivity contribution < 1.29 is 22.7 Å². The molecule has 0 aliphatic carbocycles. The second-order valence-electron chi connectivity index (χ2n) is 11.4. The highest BCUT2D eigenvalue weighted by Gasteiger charge is 2.33. The van der Waals surface area contributed by atoms with E-state index in [1.54, 1.807) is 24.4 Å². The first-order valence-electron chi connectivity index (χ1n) is 15.1. The molecule has 1 aliphatic rings. The molecule has 0 bridgehead atoms. The number of pyridine rings is 1. The van der Waals surface area contributed by atoms with Gasteiger partial charge in [-0.05, 0) is 63.0 Å². The van der Waals surface area contributed by atoms with Crippen molar-refractivity contribution in [1.29, 1.82) is 0 Å². The highest BCUT2D eigenvalue weighted by Crippen LogP contribution is 2.39. The molecule has 3 heterocycles. The third kappa shape index (κ3) is 6.94. The summed E-state index contributed by atoms with van der Waals surface area (Å²) in [6.07, 6.45) is -0.0108. The molecule has 6 rings (SSSR count). The van der Waals surface area contributed by atoms with Gasteiger partial charge in [-0.3, -0.25) is 0 Å². The van der Waals surface area contributed by atoms with E-state index in [0.717, 1.165) is 18.6 Å². The fourth-order valence-electron chi connectivity index (χ4n) is 5.59. The van der Waals surface area contributed by atoms with E-state index in [0.29, 0.717) is 70.5 Å². The van der Waals surface area contributed by atoms with Gasteiger partial charge in [0.25, 0.3) is 0 Å². The Morgan fingerprint density at radius 3 is 2.51 bits per heavy atom. The normalized spacial score (nSPS) is 14.9. The SMILES string of the molecule is CCc1ncnc(-c2cccnc2Oc2ccc(NC(=O)Nc3cc(C(F)(F)F)ccc3N3CC[C@H](N(C)C)C3)c3ccccc23)n1. The third-order valence-corrected chi connectivity index (χ3v) is 8.10. The monoisotopic (exact) mass is 642 g/mol. The molecule has 0 radical (unpaired) electrons. The summed E-state index contributed by atoms with van der Waals surface area (Å²) in [6, 6.07) is 17.3. The largest absolute Gasteiger partial charge is 0.438 e. The number of urea groups is 1. The van der Waals surface area contributed by atoms with Crippen LogP contribution < -0.4 is 20.3 Å². The lowest BCUT2D eigenvalue weighted by Gasteiger charge is -2.25. The molecule has 1 atom stereocenters. The van der Waals surface area contributed by atoms with E-state index in [2.05, 4.69) is 35.5 Å². The Morgan fingerprint density at radius 2 is 1.77 bits per heavy atom. The number of hydrogen-bond acceptors (Lipinski definition) is 8. The number of nitrogens with one attached hydrogen (secondary N) is 2. The average molecular weight is 643 g/mol. The maximum absolute atomic E-state index is 13.7. The number of amides is 2. The molecule has 0 spiro atoms. The quantitative estimate of drug-likeness (QED) is 0.182. The zero-order valence-corrected chi connectivity index (χ0v) is 26.0. The molecule has 1 saturated heterocycles. The van der Waals surface area contributed by atoms with Crippen molar-refractivity contribution in [3.63, 3.8) is 0 Å². The smallest absolute Gasteiger partial charge is 0.416 e.